The maximum Gasteiger partial charge on any atom is 0.224 e. The molecule has 0 radical (unpaired) electrons. The van der Waals surface area contributed by atoms with Gasteiger partial charge in [0, 0.05) is 44.6 Å². The minimum Gasteiger partial charge on any atom is -0.342 e. The number of hydrogen-bond acceptors (Lipinski definition) is 4. The Balaban J connectivity index is 1.28. The van der Waals surface area contributed by atoms with Gasteiger partial charge in [0.25, 0.3) is 0 Å². The number of rotatable bonds is 5. The fraction of sp³-hybridized carbons (Fsp3) is 0.444. The zero-order valence-corrected chi connectivity index (χ0v) is 14.0. The Morgan fingerprint density at radius 1 is 1.20 bits per heavy atom. The average Bonchev–Trinajstić information content (AvgIpc) is 3.22. The monoisotopic (exact) mass is 339 g/mol. The Bertz CT molecular complexity index is 767. The van der Waals surface area contributed by atoms with Gasteiger partial charge in [-0.25, -0.2) is 4.68 Å². The summed E-state index contributed by atoms with van der Waals surface area (Å²) in [5, 5.41) is 8.42. The molecule has 2 aliphatic rings. The van der Waals surface area contributed by atoms with E-state index in [9.17, 15) is 9.59 Å². The Kier molecular flexibility index (Phi) is 4.21. The molecule has 0 saturated carbocycles. The number of hydrogen-bond donors (Lipinski definition) is 0. The van der Waals surface area contributed by atoms with Crippen LogP contribution in [0.5, 0.6) is 0 Å². The van der Waals surface area contributed by atoms with Crippen LogP contribution in [0.2, 0.25) is 0 Å². The maximum atomic E-state index is 12.2. The van der Waals surface area contributed by atoms with Gasteiger partial charge in [0.15, 0.2) is 0 Å². The summed E-state index contributed by atoms with van der Waals surface area (Å²) in [6.07, 6.45) is 3.88. The molecule has 1 aromatic heterocycles. The maximum absolute atomic E-state index is 12.2. The highest BCUT2D eigenvalue weighted by Gasteiger charge is 2.33. The number of carbonyl (C=O) groups is 2. The fourth-order valence-electron chi connectivity index (χ4n) is 3.35. The summed E-state index contributed by atoms with van der Waals surface area (Å²) in [5.41, 5.74) is 1.88. The van der Waals surface area contributed by atoms with Crippen LogP contribution >= 0.6 is 0 Å². The Labute approximate surface area is 146 Å². The molecule has 7 nitrogen and oxygen atoms in total. The van der Waals surface area contributed by atoms with Crippen molar-refractivity contribution in [2.75, 3.05) is 26.2 Å². The van der Waals surface area contributed by atoms with Gasteiger partial charge in [0.2, 0.25) is 11.8 Å². The van der Waals surface area contributed by atoms with Gasteiger partial charge in [0.05, 0.1) is 12.2 Å². The minimum atomic E-state index is 0.111. The summed E-state index contributed by atoms with van der Waals surface area (Å²) in [6, 6.07) is 10.1. The van der Waals surface area contributed by atoms with Crippen LogP contribution < -0.4 is 0 Å². The van der Waals surface area contributed by atoms with Crippen molar-refractivity contribution in [3.05, 3.63) is 36.5 Å². The molecule has 0 bridgehead atoms. The molecule has 0 N–H and O–H groups in total. The van der Waals surface area contributed by atoms with Crippen LogP contribution in [0.1, 0.15) is 25.3 Å². The van der Waals surface area contributed by atoms with Crippen LogP contribution in [0.15, 0.2) is 36.5 Å². The third kappa shape index (κ3) is 3.26. The van der Waals surface area contributed by atoms with Crippen molar-refractivity contribution in [2.24, 2.45) is 0 Å². The molecule has 0 spiro atoms. The van der Waals surface area contributed by atoms with Gasteiger partial charge < -0.3 is 9.80 Å². The third-order valence-electron chi connectivity index (χ3n) is 4.94. The zero-order chi connectivity index (χ0) is 17.2. The first-order valence-corrected chi connectivity index (χ1v) is 8.73. The quantitative estimate of drug-likeness (QED) is 0.824. The number of nitrogens with zero attached hydrogens (tertiary/aromatic N) is 5. The molecule has 4 rings (SSSR count). The van der Waals surface area contributed by atoms with Crippen molar-refractivity contribution < 1.29 is 9.59 Å². The highest BCUT2D eigenvalue weighted by Crippen LogP contribution is 2.24. The van der Waals surface area contributed by atoms with Crippen LogP contribution in [0.25, 0.3) is 11.3 Å². The number of likely N-dealkylation sites (tertiary alicyclic amines) is 2. The lowest BCUT2D eigenvalue weighted by Gasteiger charge is -2.39. The minimum absolute atomic E-state index is 0.111. The number of amides is 2. The lowest BCUT2D eigenvalue weighted by Crippen LogP contribution is -2.51. The first kappa shape index (κ1) is 15.8. The summed E-state index contributed by atoms with van der Waals surface area (Å²) < 4.78 is 1.84. The first-order chi connectivity index (χ1) is 12.2. The zero-order valence-electron chi connectivity index (χ0n) is 14.0. The highest BCUT2D eigenvalue weighted by atomic mass is 16.2. The van der Waals surface area contributed by atoms with E-state index in [1.807, 2.05) is 46.1 Å². The van der Waals surface area contributed by atoms with Crippen molar-refractivity contribution in [3.63, 3.8) is 0 Å². The normalized spacial score (nSPS) is 17.8. The Morgan fingerprint density at radius 3 is 2.72 bits per heavy atom. The molecule has 0 atom stereocenters. The van der Waals surface area contributed by atoms with Gasteiger partial charge in [-0.05, 0) is 6.42 Å². The number of benzene rings is 1. The van der Waals surface area contributed by atoms with Gasteiger partial charge in [-0.2, -0.15) is 0 Å². The molecule has 3 heterocycles. The molecule has 130 valence electrons. The lowest BCUT2D eigenvalue weighted by molar-refractivity contribution is -0.138. The second kappa shape index (κ2) is 6.66. The second-order valence-electron chi connectivity index (χ2n) is 6.64. The van der Waals surface area contributed by atoms with Gasteiger partial charge >= 0.3 is 0 Å². The molecule has 0 aliphatic carbocycles. The summed E-state index contributed by atoms with van der Waals surface area (Å²) in [4.78, 5) is 27.4. The molecular weight excluding hydrogens is 318 g/mol. The largest absolute Gasteiger partial charge is 0.342 e. The third-order valence-corrected chi connectivity index (χ3v) is 4.94. The van der Waals surface area contributed by atoms with Crippen LogP contribution in [0.4, 0.5) is 0 Å². The molecule has 2 aromatic rings. The molecule has 2 amide bonds. The highest BCUT2D eigenvalue weighted by molar-refractivity contribution is 5.80. The van der Waals surface area contributed by atoms with E-state index in [1.165, 1.54) is 0 Å². The van der Waals surface area contributed by atoms with E-state index in [4.69, 9.17) is 0 Å². The molecule has 7 heteroatoms. The van der Waals surface area contributed by atoms with Gasteiger partial charge in [0.1, 0.15) is 5.69 Å². The standard InChI is InChI=1S/C18H21N5O2/c24-17-7-4-9-21(17)10-8-18(25)22-11-15(12-22)23-13-16(19-20-23)14-5-2-1-3-6-14/h1-3,5-6,13,15H,4,7-12H2. The molecule has 25 heavy (non-hydrogen) atoms. The predicted molar refractivity (Wildman–Crippen MR) is 91.5 cm³/mol. The molecule has 2 saturated heterocycles. The predicted octanol–water partition coefficient (Wildman–Crippen LogP) is 1.34. The van der Waals surface area contributed by atoms with Crippen molar-refractivity contribution in [1.82, 2.24) is 24.8 Å². The summed E-state index contributed by atoms with van der Waals surface area (Å²) >= 11 is 0. The smallest absolute Gasteiger partial charge is 0.224 e. The van der Waals surface area contributed by atoms with Crippen molar-refractivity contribution in [1.29, 1.82) is 0 Å². The number of carbonyl (C=O) groups excluding carboxylic acids is 2. The SMILES string of the molecule is O=C1CCCN1CCC(=O)N1CC(n2cc(-c3ccccc3)nn2)C1. The van der Waals surface area contributed by atoms with Crippen molar-refractivity contribution >= 4 is 11.8 Å². The Morgan fingerprint density at radius 2 is 2.00 bits per heavy atom. The topological polar surface area (TPSA) is 71.3 Å². The lowest BCUT2D eigenvalue weighted by atomic mass is 10.1. The van der Waals surface area contributed by atoms with Crippen LogP contribution in [0.3, 0.4) is 0 Å². The molecule has 1 aromatic carbocycles. The molecular formula is C18H21N5O2. The first-order valence-electron chi connectivity index (χ1n) is 8.73. The van der Waals surface area contributed by atoms with Crippen molar-refractivity contribution in [3.8, 4) is 11.3 Å². The van der Waals surface area contributed by atoms with Crippen LogP contribution in [-0.2, 0) is 9.59 Å². The second-order valence-corrected chi connectivity index (χ2v) is 6.64. The van der Waals surface area contributed by atoms with Crippen molar-refractivity contribution in [2.45, 2.75) is 25.3 Å². The van der Waals surface area contributed by atoms with Gasteiger partial charge in [-0.3, -0.25) is 9.59 Å². The van der Waals surface area contributed by atoms with E-state index in [0.717, 1.165) is 24.2 Å². The summed E-state index contributed by atoms with van der Waals surface area (Å²) in [6.45, 7) is 2.64. The van der Waals surface area contributed by atoms with E-state index in [0.29, 0.717) is 32.5 Å². The van der Waals surface area contributed by atoms with E-state index >= 15 is 0 Å². The van der Waals surface area contributed by atoms with E-state index in [2.05, 4.69) is 10.3 Å². The van der Waals surface area contributed by atoms with Gasteiger partial charge in [-0.15, -0.1) is 5.10 Å². The summed E-state index contributed by atoms with van der Waals surface area (Å²) in [7, 11) is 0. The number of aromatic nitrogens is 3. The van der Waals surface area contributed by atoms with E-state index < -0.39 is 0 Å². The van der Waals surface area contributed by atoms with E-state index in [-0.39, 0.29) is 17.9 Å². The van der Waals surface area contributed by atoms with Gasteiger partial charge in [-0.1, -0.05) is 35.5 Å². The average molecular weight is 339 g/mol. The summed E-state index contributed by atoms with van der Waals surface area (Å²) in [5.74, 6) is 0.282. The molecule has 0 unspecified atom stereocenters. The Hall–Kier alpha value is -2.70. The molecule has 2 fully saturated rings. The van der Waals surface area contributed by atoms with Crippen LogP contribution in [-0.4, -0.2) is 62.8 Å². The molecule has 2 aliphatic heterocycles. The van der Waals surface area contributed by atoms with Crippen LogP contribution in [0, 0.1) is 0 Å². The van der Waals surface area contributed by atoms with E-state index in [1.54, 1.807) is 4.90 Å². The fourth-order valence-corrected chi connectivity index (χ4v) is 3.35.